The molecular weight excluding hydrogens is 174 g/mol. The molecule has 0 saturated carbocycles. The van der Waals surface area contributed by atoms with Crippen molar-refractivity contribution in [2.75, 3.05) is 0 Å². The molecule has 1 aromatic heterocycles. The van der Waals surface area contributed by atoms with Gasteiger partial charge in [-0.05, 0) is 23.6 Å². The van der Waals surface area contributed by atoms with Crippen LogP contribution in [-0.2, 0) is 13.2 Å². The van der Waals surface area contributed by atoms with Gasteiger partial charge in [-0.25, -0.2) is 0 Å². The minimum Gasteiger partial charge on any atom is -0.376 e. The molecule has 2 heteroatoms. The SMILES string of the molecule is OCn1ccc(Cc2ccccc2)c1. The van der Waals surface area contributed by atoms with Crippen molar-refractivity contribution >= 4 is 0 Å². The summed E-state index contributed by atoms with van der Waals surface area (Å²) in [5.74, 6) is 0. The zero-order valence-electron chi connectivity index (χ0n) is 7.93. The van der Waals surface area contributed by atoms with Crippen molar-refractivity contribution in [3.05, 3.63) is 59.9 Å². The van der Waals surface area contributed by atoms with E-state index in [2.05, 4.69) is 12.1 Å². The summed E-state index contributed by atoms with van der Waals surface area (Å²) < 4.78 is 1.76. The van der Waals surface area contributed by atoms with Gasteiger partial charge < -0.3 is 9.67 Å². The second kappa shape index (κ2) is 4.11. The lowest BCUT2D eigenvalue weighted by atomic mass is 10.1. The Morgan fingerprint density at radius 3 is 2.43 bits per heavy atom. The van der Waals surface area contributed by atoms with Gasteiger partial charge >= 0.3 is 0 Å². The van der Waals surface area contributed by atoms with Crippen molar-refractivity contribution in [3.63, 3.8) is 0 Å². The molecule has 0 saturated heterocycles. The van der Waals surface area contributed by atoms with Gasteiger partial charge in [0.2, 0.25) is 0 Å². The molecule has 0 atom stereocenters. The first-order valence-electron chi connectivity index (χ1n) is 4.68. The molecule has 0 aliphatic carbocycles. The van der Waals surface area contributed by atoms with Crippen LogP contribution in [0.2, 0.25) is 0 Å². The molecule has 2 nitrogen and oxygen atoms in total. The Bertz CT molecular complexity index is 392. The highest BCUT2D eigenvalue weighted by Crippen LogP contribution is 2.09. The summed E-state index contributed by atoms with van der Waals surface area (Å²) >= 11 is 0. The van der Waals surface area contributed by atoms with Gasteiger partial charge in [0.25, 0.3) is 0 Å². The van der Waals surface area contributed by atoms with E-state index < -0.39 is 0 Å². The zero-order chi connectivity index (χ0) is 9.80. The monoisotopic (exact) mass is 187 g/mol. The third-order valence-electron chi connectivity index (χ3n) is 2.23. The lowest BCUT2D eigenvalue weighted by molar-refractivity contribution is 0.211. The summed E-state index contributed by atoms with van der Waals surface area (Å²) in [7, 11) is 0. The average molecular weight is 187 g/mol. The first-order valence-corrected chi connectivity index (χ1v) is 4.68. The standard InChI is InChI=1S/C12H13NO/c14-10-13-7-6-12(9-13)8-11-4-2-1-3-5-11/h1-7,9,14H,8,10H2. The van der Waals surface area contributed by atoms with Crippen molar-refractivity contribution in [1.82, 2.24) is 4.57 Å². The molecule has 0 unspecified atom stereocenters. The normalized spacial score (nSPS) is 10.4. The summed E-state index contributed by atoms with van der Waals surface area (Å²) in [6.07, 6.45) is 4.78. The highest BCUT2D eigenvalue weighted by atomic mass is 16.3. The van der Waals surface area contributed by atoms with Crippen LogP contribution >= 0.6 is 0 Å². The second-order valence-corrected chi connectivity index (χ2v) is 3.34. The topological polar surface area (TPSA) is 25.2 Å². The number of hydrogen-bond acceptors (Lipinski definition) is 1. The molecule has 0 fully saturated rings. The van der Waals surface area contributed by atoms with Crippen LogP contribution in [0.3, 0.4) is 0 Å². The van der Waals surface area contributed by atoms with E-state index in [0.717, 1.165) is 6.42 Å². The van der Waals surface area contributed by atoms with E-state index in [1.807, 2.05) is 36.7 Å². The Labute approximate surface area is 83.4 Å². The first kappa shape index (κ1) is 9.03. The van der Waals surface area contributed by atoms with E-state index >= 15 is 0 Å². The largest absolute Gasteiger partial charge is 0.376 e. The maximum Gasteiger partial charge on any atom is 0.119 e. The fourth-order valence-corrected chi connectivity index (χ4v) is 1.51. The summed E-state index contributed by atoms with van der Waals surface area (Å²) in [6, 6.07) is 12.3. The summed E-state index contributed by atoms with van der Waals surface area (Å²) in [4.78, 5) is 0. The van der Waals surface area contributed by atoms with Crippen molar-refractivity contribution in [2.45, 2.75) is 13.2 Å². The van der Waals surface area contributed by atoms with E-state index in [9.17, 15) is 0 Å². The highest BCUT2D eigenvalue weighted by Gasteiger charge is 1.97. The third-order valence-corrected chi connectivity index (χ3v) is 2.23. The van der Waals surface area contributed by atoms with Gasteiger partial charge in [0.15, 0.2) is 0 Å². The van der Waals surface area contributed by atoms with Gasteiger partial charge in [0, 0.05) is 12.4 Å². The molecule has 0 spiro atoms. The molecule has 2 rings (SSSR count). The number of benzene rings is 1. The number of nitrogens with zero attached hydrogens (tertiary/aromatic N) is 1. The van der Waals surface area contributed by atoms with Crippen LogP contribution in [0.4, 0.5) is 0 Å². The van der Waals surface area contributed by atoms with E-state index in [1.165, 1.54) is 11.1 Å². The smallest absolute Gasteiger partial charge is 0.119 e. The minimum atomic E-state index is 0.0504. The maximum atomic E-state index is 8.88. The molecule has 72 valence electrons. The minimum absolute atomic E-state index is 0.0504. The number of hydrogen-bond donors (Lipinski definition) is 1. The van der Waals surface area contributed by atoms with Gasteiger partial charge in [-0.1, -0.05) is 30.3 Å². The lowest BCUT2D eigenvalue weighted by Gasteiger charge is -1.97. The molecular formula is C12H13NO. The Morgan fingerprint density at radius 1 is 1.00 bits per heavy atom. The molecule has 1 N–H and O–H groups in total. The number of rotatable bonds is 3. The Morgan fingerprint density at radius 2 is 1.79 bits per heavy atom. The summed E-state index contributed by atoms with van der Waals surface area (Å²) in [6.45, 7) is 0.0504. The maximum absolute atomic E-state index is 8.88. The van der Waals surface area contributed by atoms with Crippen LogP contribution in [0.25, 0.3) is 0 Å². The van der Waals surface area contributed by atoms with Crippen LogP contribution in [0.5, 0.6) is 0 Å². The predicted molar refractivity (Wildman–Crippen MR) is 55.9 cm³/mol. The van der Waals surface area contributed by atoms with Gasteiger partial charge in [-0.15, -0.1) is 0 Å². The molecule has 0 radical (unpaired) electrons. The van der Waals surface area contributed by atoms with E-state index in [1.54, 1.807) is 4.57 Å². The fraction of sp³-hybridized carbons (Fsp3) is 0.167. The van der Waals surface area contributed by atoms with Crippen LogP contribution in [0, 0.1) is 0 Å². The fourth-order valence-electron chi connectivity index (χ4n) is 1.51. The Hall–Kier alpha value is -1.54. The van der Waals surface area contributed by atoms with Crippen LogP contribution in [0.1, 0.15) is 11.1 Å². The van der Waals surface area contributed by atoms with Gasteiger partial charge in [-0.2, -0.15) is 0 Å². The number of aliphatic hydroxyl groups is 1. The molecule has 0 bridgehead atoms. The van der Waals surface area contributed by atoms with Crippen molar-refractivity contribution in [1.29, 1.82) is 0 Å². The average Bonchev–Trinajstić information content (AvgIpc) is 2.67. The molecule has 1 aromatic carbocycles. The number of aliphatic hydroxyl groups excluding tert-OH is 1. The molecule has 0 amide bonds. The summed E-state index contributed by atoms with van der Waals surface area (Å²) in [5.41, 5.74) is 2.52. The lowest BCUT2D eigenvalue weighted by Crippen LogP contribution is -1.91. The van der Waals surface area contributed by atoms with Crippen LogP contribution in [-0.4, -0.2) is 9.67 Å². The van der Waals surface area contributed by atoms with E-state index in [4.69, 9.17) is 5.11 Å². The van der Waals surface area contributed by atoms with E-state index in [0.29, 0.717) is 0 Å². The van der Waals surface area contributed by atoms with Crippen molar-refractivity contribution < 1.29 is 5.11 Å². The van der Waals surface area contributed by atoms with E-state index in [-0.39, 0.29) is 6.73 Å². The quantitative estimate of drug-likeness (QED) is 0.781. The van der Waals surface area contributed by atoms with Crippen LogP contribution < -0.4 is 0 Å². The highest BCUT2D eigenvalue weighted by molar-refractivity contribution is 5.24. The van der Waals surface area contributed by atoms with Crippen molar-refractivity contribution in [2.24, 2.45) is 0 Å². The predicted octanol–water partition coefficient (Wildman–Crippen LogP) is 2.03. The number of aromatic nitrogens is 1. The van der Waals surface area contributed by atoms with Crippen molar-refractivity contribution in [3.8, 4) is 0 Å². The molecule has 14 heavy (non-hydrogen) atoms. The molecule has 1 heterocycles. The molecule has 2 aromatic rings. The first-order chi connectivity index (χ1) is 6.88. The second-order valence-electron chi connectivity index (χ2n) is 3.34. The molecule has 0 aliphatic rings. The molecule has 0 aliphatic heterocycles. The van der Waals surface area contributed by atoms with Gasteiger partial charge in [0.1, 0.15) is 6.73 Å². The van der Waals surface area contributed by atoms with Gasteiger partial charge in [0.05, 0.1) is 0 Å². The van der Waals surface area contributed by atoms with Gasteiger partial charge in [-0.3, -0.25) is 0 Å². The Kier molecular flexibility index (Phi) is 2.65. The van der Waals surface area contributed by atoms with Crippen LogP contribution in [0.15, 0.2) is 48.8 Å². The summed E-state index contributed by atoms with van der Waals surface area (Å²) in [5, 5.41) is 8.88. The zero-order valence-corrected chi connectivity index (χ0v) is 7.93. The Balaban J connectivity index is 2.11. The third kappa shape index (κ3) is 2.03.